The maximum Gasteiger partial charge on any atom is 0.296 e. The number of hydrogen-bond donors (Lipinski definition) is 1. The minimum Gasteiger partial charge on any atom is -0.369 e. The molecule has 0 bridgehead atoms. The summed E-state index contributed by atoms with van der Waals surface area (Å²) in [5.41, 5.74) is 2.94. The molecule has 1 N–H and O–H groups in total. The third-order valence-electron chi connectivity index (χ3n) is 3.34. The van der Waals surface area contributed by atoms with Crippen molar-refractivity contribution in [2.24, 2.45) is 0 Å². The summed E-state index contributed by atoms with van der Waals surface area (Å²) >= 11 is 3.46. The Morgan fingerprint density at radius 1 is 1.33 bits per heavy atom. The number of amides is 1. The van der Waals surface area contributed by atoms with Crippen LogP contribution in [0.5, 0.6) is 0 Å². The molecule has 1 aliphatic heterocycles. The Balaban J connectivity index is 1.91. The molecular formula is C15H12BrN3O2. The lowest BCUT2D eigenvalue weighted by atomic mass is 10.1. The van der Waals surface area contributed by atoms with E-state index in [0.717, 1.165) is 15.7 Å². The first-order chi connectivity index (χ1) is 10.1. The molecular weight excluding hydrogens is 334 g/mol. The molecule has 0 spiro atoms. The Bertz CT molecular complexity index is 731. The number of rotatable bonds is 3. The molecule has 1 aliphatic rings. The molecule has 21 heavy (non-hydrogen) atoms. The summed E-state index contributed by atoms with van der Waals surface area (Å²) < 4.78 is 0.775. The number of nitrogens with one attached hydrogen (secondary N) is 1. The SMILES string of the molecule is CN(Cc1cccnc1)c1cc2c(cc1Br)C(=O)C(=O)N2. The number of halogens is 1. The van der Waals surface area contributed by atoms with Crippen LogP contribution in [-0.2, 0) is 11.3 Å². The fourth-order valence-electron chi connectivity index (χ4n) is 2.30. The van der Waals surface area contributed by atoms with Crippen molar-refractivity contribution in [3.05, 3.63) is 52.3 Å². The van der Waals surface area contributed by atoms with E-state index < -0.39 is 11.7 Å². The number of carbonyl (C=O) groups is 2. The van der Waals surface area contributed by atoms with Crippen LogP contribution in [0.3, 0.4) is 0 Å². The highest BCUT2D eigenvalue weighted by molar-refractivity contribution is 9.10. The smallest absolute Gasteiger partial charge is 0.296 e. The molecule has 5 nitrogen and oxygen atoms in total. The van der Waals surface area contributed by atoms with Crippen molar-refractivity contribution in [1.82, 2.24) is 4.98 Å². The number of ketones is 1. The van der Waals surface area contributed by atoms with Gasteiger partial charge in [0.05, 0.1) is 16.9 Å². The van der Waals surface area contributed by atoms with Crippen molar-refractivity contribution in [1.29, 1.82) is 0 Å². The van der Waals surface area contributed by atoms with Crippen molar-refractivity contribution in [3.63, 3.8) is 0 Å². The van der Waals surface area contributed by atoms with Crippen LogP contribution in [0.4, 0.5) is 11.4 Å². The van der Waals surface area contributed by atoms with Crippen LogP contribution in [0.1, 0.15) is 15.9 Å². The highest BCUT2D eigenvalue weighted by Gasteiger charge is 2.29. The predicted octanol–water partition coefficient (Wildman–Crippen LogP) is 2.62. The molecule has 0 atom stereocenters. The van der Waals surface area contributed by atoms with E-state index in [0.29, 0.717) is 17.8 Å². The number of aromatic nitrogens is 1. The molecule has 0 aliphatic carbocycles. The molecule has 0 saturated heterocycles. The normalized spacial score (nSPS) is 13.0. The van der Waals surface area contributed by atoms with Crippen LogP contribution < -0.4 is 10.2 Å². The van der Waals surface area contributed by atoms with E-state index in [1.165, 1.54) is 0 Å². The van der Waals surface area contributed by atoms with Crippen LogP contribution in [-0.4, -0.2) is 23.7 Å². The lowest BCUT2D eigenvalue weighted by Crippen LogP contribution is -2.17. The van der Waals surface area contributed by atoms with E-state index in [-0.39, 0.29) is 0 Å². The van der Waals surface area contributed by atoms with Crippen molar-refractivity contribution in [2.45, 2.75) is 6.54 Å². The molecule has 0 unspecified atom stereocenters. The lowest BCUT2D eigenvalue weighted by Gasteiger charge is -2.21. The summed E-state index contributed by atoms with van der Waals surface area (Å²) in [4.78, 5) is 29.2. The average Bonchev–Trinajstić information content (AvgIpc) is 2.74. The average molecular weight is 346 g/mol. The standard InChI is InChI=1S/C15H12BrN3O2/c1-19(8-9-3-2-4-17-7-9)13-6-12-10(5-11(13)16)14(20)15(21)18-12/h2-7H,8H2,1H3,(H,18,20,21). The topological polar surface area (TPSA) is 62.3 Å². The van der Waals surface area contributed by atoms with Gasteiger partial charge in [-0.3, -0.25) is 14.6 Å². The number of hydrogen-bond acceptors (Lipinski definition) is 4. The zero-order chi connectivity index (χ0) is 15.0. The van der Waals surface area contributed by atoms with Crippen LogP contribution >= 0.6 is 15.9 Å². The van der Waals surface area contributed by atoms with E-state index >= 15 is 0 Å². The molecule has 0 saturated carbocycles. The molecule has 2 heterocycles. The van der Waals surface area contributed by atoms with Crippen molar-refractivity contribution < 1.29 is 9.59 Å². The lowest BCUT2D eigenvalue weighted by molar-refractivity contribution is -0.112. The molecule has 1 aromatic heterocycles. The summed E-state index contributed by atoms with van der Waals surface area (Å²) in [6.45, 7) is 0.674. The fraction of sp³-hybridized carbons (Fsp3) is 0.133. The van der Waals surface area contributed by atoms with Crippen molar-refractivity contribution >= 4 is 39.0 Å². The molecule has 3 rings (SSSR count). The van der Waals surface area contributed by atoms with Gasteiger partial charge < -0.3 is 10.2 Å². The fourth-order valence-corrected chi connectivity index (χ4v) is 2.94. The van der Waals surface area contributed by atoms with Crippen LogP contribution in [0, 0.1) is 0 Å². The highest BCUT2D eigenvalue weighted by Crippen LogP contribution is 2.35. The number of benzene rings is 1. The van der Waals surface area contributed by atoms with Gasteiger partial charge in [0.15, 0.2) is 0 Å². The number of nitrogens with zero attached hydrogens (tertiary/aromatic N) is 2. The zero-order valence-electron chi connectivity index (χ0n) is 11.3. The van der Waals surface area contributed by atoms with Gasteiger partial charge in [-0.1, -0.05) is 6.07 Å². The number of fused-ring (bicyclic) bond motifs is 1. The minimum atomic E-state index is -0.580. The van der Waals surface area contributed by atoms with E-state index in [9.17, 15) is 9.59 Å². The molecule has 1 aromatic carbocycles. The van der Waals surface area contributed by atoms with Gasteiger partial charge in [-0.2, -0.15) is 0 Å². The summed E-state index contributed by atoms with van der Waals surface area (Å²) in [6.07, 6.45) is 3.54. The largest absolute Gasteiger partial charge is 0.369 e. The number of pyridine rings is 1. The Labute approximate surface area is 130 Å². The maximum absolute atomic E-state index is 11.7. The van der Waals surface area contributed by atoms with Crippen LogP contribution in [0.25, 0.3) is 0 Å². The first-order valence-corrected chi connectivity index (χ1v) is 7.15. The number of Topliss-reactive ketones (excluding diaryl/α,β-unsaturated/α-hetero) is 1. The first-order valence-electron chi connectivity index (χ1n) is 6.35. The third kappa shape index (κ3) is 2.54. The Hall–Kier alpha value is -2.21. The van der Waals surface area contributed by atoms with Gasteiger partial charge in [0.25, 0.3) is 11.7 Å². The summed E-state index contributed by atoms with van der Waals surface area (Å²) in [7, 11) is 1.94. The molecule has 0 radical (unpaired) electrons. The van der Waals surface area contributed by atoms with E-state index in [1.54, 1.807) is 18.3 Å². The maximum atomic E-state index is 11.7. The molecule has 2 aromatic rings. The number of carbonyl (C=O) groups excluding carboxylic acids is 2. The minimum absolute atomic E-state index is 0.408. The van der Waals surface area contributed by atoms with Gasteiger partial charge in [0, 0.05) is 30.5 Å². The third-order valence-corrected chi connectivity index (χ3v) is 3.97. The van der Waals surface area contributed by atoms with E-state index in [2.05, 4.69) is 26.2 Å². The van der Waals surface area contributed by atoms with Gasteiger partial charge in [-0.25, -0.2) is 0 Å². The van der Waals surface area contributed by atoms with E-state index in [4.69, 9.17) is 0 Å². The first kappa shape index (κ1) is 13.8. The molecule has 1 amide bonds. The summed E-state index contributed by atoms with van der Waals surface area (Å²) in [6, 6.07) is 7.37. The monoisotopic (exact) mass is 345 g/mol. The molecule has 6 heteroatoms. The Kier molecular flexibility index (Phi) is 3.47. The Morgan fingerprint density at radius 2 is 2.14 bits per heavy atom. The summed E-state index contributed by atoms with van der Waals surface area (Å²) in [5.74, 6) is -1.07. The second-order valence-corrected chi connectivity index (χ2v) is 5.70. The molecule has 106 valence electrons. The Morgan fingerprint density at radius 3 is 2.86 bits per heavy atom. The van der Waals surface area contributed by atoms with Gasteiger partial charge in [0.1, 0.15) is 0 Å². The zero-order valence-corrected chi connectivity index (χ0v) is 12.8. The van der Waals surface area contributed by atoms with Crippen LogP contribution in [0.15, 0.2) is 41.1 Å². The second kappa shape index (κ2) is 5.29. The summed E-state index contributed by atoms with van der Waals surface area (Å²) in [5, 5.41) is 2.59. The van der Waals surface area contributed by atoms with Gasteiger partial charge in [0.2, 0.25) is 0 Å². The quantitative estimate of drug-likeness (QED) is 0.868. The van der Waals surface area contributed by atoms with Crippen molar-refractivity contribution in [3.8, 4) is 0 Å². The molecule has 0 fully saturated rings. The van der Waals surface area contributed by atoms with Gasteiger partial charge >= 0.3 is 0 Å². The van der Waals surface area contributed by atoms with Crippen LogP contribution in [0.2, 0.25) is 0 Å². The highest BCUT2D eigenvalue weighted by atomic mass is 79.9. The second-order valence-electron chi connectivity index (χ2n) is 4.85. The predicted molar refractivity (Wildman–Crippen MR) is 83.4 cm³/mol. The van der Waals surface area contributed by atoms with Crippen molar-refractivity contribution in [2.75, 3.05) is 17.3 Å². The van der Waals surface area contributed by atoms with E-state index in [1.807, 2.05) is 30.3 Å². The van der Waals surface area contributed by atoms with Gasteiger partial charge in [-0.15, -0.1) is 0 Å². The van der Waals surface area contributed by atoms with Gasteiger partial charge in [-0.05, 0) is 39.7 Å². The number of anilines is 2.